The summed E-state index contributed by atoms with van der Waals surface area (Å²) in [4.78, 5) is 0. The Morgan fingerprint density at radius 1 is 1.38 bits per heavy atom. The molecule has 1 aromatic carbocycles. The van der Waals surface area contributed by atoms with Gasteiger partial charge < -0.3 is 11.1 Å². The van der Waals surface area contributed by atoms with Crippen LogP contribution in [0.25, 0.3) is 0 Å². The molecule has 0 unspecified atom stereocenters. The zero-order chi connectivity index (χ0) is 9.10. The summed E-state index contributed by atoms with van der Waals surface area (Å²) in [6.07, 6.45) is 3.99. The zero-order valence-corrected chi connectivity index (χ0v) is 7.79. The molecule has 0 heterocycles. The van der Waals surface area contributed by atoms with Gasteiger partial charge in [-0.05, 0) is 37.0 Å². The highest BCUT2D eigenvalue weighted by Crippen LogP contribution is 2.23. The van der Waals surface area contributed by atoms with Crippen molar-refractivity contribution >= 4 is 5.69 Å². The number of nitrogens with one attached hydrogen (secondary N) is 1. The zero-order valence-electron chi connectivity index (χ0n) is 7.79. The highest BCUT2D eigenvalue weighted by atomic mass is 14.9. The molecule has 0 spiro atoms. The van der Waals surface area contributed by atoms with Crippen LogP contribution >= 0.6 is 0 Å². The molecule has 1 saturated carbocycles. The van der Waals surface area contributed by atoms with Crippen molar-refractivity contribution in [2.24, 2.45) is 5.73 Å². The van der Waals surface area contributed by atoms with Gasteiger partial charge in [-0.1, -0.05) is 12.1 Å². The van der Waals surface area contributed by atoms with Gasteiger partial charge in [0.05, 0.1) is 0 Å². The fraction of sp³-hybridized carbons (Fsp3) is 0.455. The van der Waals surface area contributed by atoms with Crippen LogP contribution in [0.3, 0.4) is 0 Å². The number of nitrogens with two attached hydrogens (primary N) is 1. The highest BCUT2D eigenvalue weighted by Gasteiger charge is 2.16. The topological polar surface area (TPSA) is 38.0 Å². The summed E-state index contributed by atoms with van der Waals surface area (Å²) in [5.74, 6) is 0. The molecule has 0 aromatic heterocycles. The Bertz CT molecular complexity index is 279. The van der Waals surface area contributed by atoms with E-state index in [2.05, 4.69) is 29.6 Å². The number of rotatable bonds is 3. The number of hydrogen-bond acceptors (Lipinski definition) is 2. The van der Waals surface area contributed by atoms with E-state index in [0.717, 1.165) is 0 Å². The predicted molar refractivity (Wildman–Crippen MR) is 55.6 cm³/mol. The van der Waals surface area contributed by atoms with Crippen molar-refractivity contribution in [3.8, 4) is 0 Å². The third-order valence-corrected chi connectivity index (χ3v) is 2.64. The van der Waals surface area contributed by atoms with Gasteiger partial charge in [0.1, 0.15) is 0 Å². The Morgan fingerprint density at radius 3 is 2.85 bits per heavy atom. The van der Waals surface area contributed by atoms with E-state index < -0.39 is 0 Å². The molecule has 1 aliphatic rings. The van der Waals surface area contributed by atoms with Gasteiger partial charge in [-0.3, -0.25) is 0 Å². The second-order valence-electron chi connectivity index (χ2n) is 3.68. The van der Waals surface area contributed by atoms with Crippen LogP contribution in [0.1, 0.15) is 24.8 Å². The first-order valence-corrected chi connectivity index (χ1v) is 4.94. The van der Waals surface area contributed by atoms with Gasteiger partial charge in [-0.2, -0.15) is 0 Å². The number of hydrogen-bond donors (Lipinski definition) is 2. The summed E-state index contributed by atoms with van der Waals surface area (Å²) in [7, 11) is 0. The number of anilines is 1. The average molecular weight is 176 g/mol. The van der Waals surface area contributed by atoms with Crippen LogP contribution < -0.4 is 11.1 Å². The maximum absolute atomic E-state index is 5.57. The molecule has 3 N–H and O–H groups in total. The molecule has 0 bridgehead atoms. The van der Waals surface area contributed by atoms with Crippen LogP contribution in [0.5, 0.6) is 0 Å². The van der Waals surface area contributed by atoms with E-state index >= 15 is 0 Å². The van der Waals surface area contributed by atoms with Gasteiger partial charge in [0.2, 0.25) is 0 Å². The van der Waals surface area contributed by atoms with Crippen LogP contribution in [0.4, 0.5) is 5.69 Å². The Labute approximate surface area is 79.1 Å². The Balaban J connectivity index is 2.01. The van der Waals surface area contributed by atoms with Crippen molar-refractivity contribution in [2.45, 2.75) is 31.8 Å². The second-order valence-corrected chi connectivity index (χ2v) is 3.68. The SMILES string of the molecule is NCc1cccc(NC2CCC2)c1. The van der Waals surface area contributed by atoms with E-state index in [1.165, 1.54) is 30.5 Å². The van der Waals surface area contributed by atoms with Gasteiger partial charge in [0.15, 0.2) is 0 Å². The fourth-order valence-electron chi connectivity index (χ4n) is 1.58. The van der Waals surface area contributed by atoms with E-state index in [4.69, 9.17) is 5.73 Å². The molecule has 1 aromatic rings. The normalized spacial score (nSPS) is 16.7. The monoisotopic (exact) mass is 176 g/mol. The summed E-state index contributed by atoms with van der Waals surface area (Å²) in [5.41, 5.74) is 7.98. The van der Waals surface area contributed by atoms with Gasteiger partial charge in [-0.15, -0.1) is 0 Å². The third-order valence-electron chi connectivity index (χ3n) is 2.64. The van der Waals surface area contributed by atoms with Crippen molar-refractivity contribution in [1.29, 1.82) is 0 Å². The average Bonchev–Trinajstić information content (AvgIpc) is 2.12. The van der Waals surface area contributed by atoms with Gasteiger partial charge in [0.25, 0.3) is 0 Å². The molecule has 2 heteroatoms. The maximum Gasteiger partial charge on any atom is 0.0345 e. The minimum atomic E-state index is 0.625. The van der Waals surface area contributed by atoms with Crippen LogP contribution in [0.2, 0.25) is 0 Å². The molecule has 0 atom stereocenters. The molecule has 0 radical (unpaired) electrons. The number of benzene rings is 1. The molecule has 70 valence electrons. The molecule has 13 heavy (non-hydrogen) atoms. The first kappa shape index (κ1) is 8.57. The Hall–Kier alpha value is -1.02. The highest BCUT2D eigenvalue weighted by molar-refractivity contribution is 5.46. The maximum atomic E-state index is 5.57. The van der Waals surface area contributed by atoms with Crippen molar-refractivity contribution < 1.29 is 0 Å². The quantitative estimate of drug-likeness (QED) is 0.740. The van der Waals surface area contributed by atoms with Crippen molar-refractivity contribution in [2.75, 3.05) is 5.32 Å². The molecule has 2 rings (SSSR count). The summed E-state index contributed by atoms with van der Waals surface area (Å²) in [6, 6.07) is 9.07. The standard InChI is InChI=1S/C11H16N2/c12-8-9-3-1-6-11(7-9)13-10-4-2-5-10/h1,3,6-7,10,13H,2,4-5,8,12H2. The minimum absolute atomic E-state index is 0.625. The van der Waals surface area contributed by atoms with Crippen LogP contribution in [-0.2, 0) is 6.54 Å². The van der Waals surface area contributed by atoms with E-state index in [-0.39, 0.29) is 0 Å². The van der Waals surface area contributed by atoms with Gasteiger partial charge in [-0.25, -0.2) is 0 Å². The minimum Gasteiger partial charge on any atom is -0.382 e. The van der Waals surface area contributed by atoms with E-state index in [0.29, 0.717) is 12.6 Å². The Kier molecular flexibility index (Phi) is 2.50. The molecule has 0 amide bonds. The van der Waals surface area contributed by atoms with Crippen LogP contribution in [0, 0.1) is 0 Å². The molecular weight excluding hydrogens is 160 g/mol. The van der Waals surface area contributed by atoms with Crippen molar-refractivity contribution in [3.63, 3.8) is 0 Å². The molecule has 2 nitrogen and oxygen atoms in total. The van der Waals surface area contributed by atoms with E-state index in [9.17, 15) is 0 Å². The lowest BCUT2D eigenvalue weighted by Gasteiger charge is -2.27. The summed E-state index contributed by atoms with van der Waals surface area (Å²) in [6.45, 7) is 0.625. The molecule has 0 saturated heterocycles. The lowest BCUT2D eigenvalue weighted by atomic mass is 9.93. The van der Waals surface area contributed by atoms with Crippen LogP contribution in [-0.4, -0.2) is 6.04 Å². The summed E-state index contributed by atoms with van der Waals surface area (Å²) >= 11 is 0. The largest absolute Gasteiger partial charge is 0.382 e. The first-order valence-electron chi connectivity index (χ1n) is 4.94. The van der Waals surface area contributed by atoms with Gasteiger partial charge in [0, 0.05) is 18.3 Å². The first-order chi connectivity index (χ1) is 6.38. The lowest BCUT2D eigenvalue weighted by molar-refractivity contribution is 0.445. The Morgan fingerprint density at radius 2 is 2.23 bits per heavy atom. The fourth-order valence-corrected chi connectivity index (χ4v) is 1.58. The molecular formula is C11H16N2. The van der Waals surface area contributed by atoms with E-state index in [1.807, 2.05) is 0 Å². The van der Waals surface area contributed by atoms with Crippen molar-refractivity contribution in [1.82, 2.24) is 0 Å². The smallest absolute Gasteiger partial charge is 0.0345 e. The van der Waals surface area contributed by atoms with Gasteiger partial charge >= 0.3 is 0 Å². The third kappa shape index (κ3) is 2.01. The summed E-state index contributed by atoms with van der Waals surface area (Å²) in [5, 5.41) is 3.50. The van der Waals surface area contributed by atoms with Crippen LogP contribution in [0.15, 0.2) is 24.3 Å². The lowest BCUT2D eigenvalue weighted by Crippen LogP contribution is -2.26. The second kappa shape index (κ2) is 3.79. The molecule has 1 aliphatic carbocycles. The molecule has 0 aliphatic heterocycles. The molecule has 1 fully saturated rings. The summed E-state index contributed by atoms with van der Waals surface area (Å²) < 4.78 is 0. The predicted octanol–water partition coefficient (Wildman–Crippen LogP) is 2.11. The van der Waals surface area contributed by atoms with Crippen molar-refractivity contribution in [3.05, 3.63) is 29.8 Å². The van der Waals surface area contributed by atoms with E-state index in [1.54, 1.807) is 0 Å².